The van der Waals surface area contributed by atoms with E-state index in [0.717, 1.165) is 0 Å². The lowest BCUT2D eigenvalue weighted by Gasteiger charge is -1.55. The Morgan fingerprint density at radius 1 is 1.67 bits per heavy atom. The van der Waals surface area contributed by atoms with Gasteiger partial charge in [0.15, 0.2) is 5.56 Å². The van der Waals surface area contributed by atoms with Crippen LogP contribution in [0.1, 0.15) is 6.92 Å². The number of hydrogen-bond donors (Lipinski definition) is 1. The predicted molar refractivity (Wildman–Crippen MR) is 25.2 cm³/mol. The van der Waals surface area contributed by atoms with Crippen molar-refractivity contribution in [3.8, 4) is 0 Å². The highest BCUT2D eigenvalue weighted by Gasteiger charge is 2.30. The Bertz CT molecular complexity index is 44.1. The SMILES string of the molecule is CC1OC1Cl.N. The maximum absolute atomic E-state index is 5.31. The van der Waals surface area contributed by atoms with Crippen LogP contribution in [0, 0.1) is 0 Å². The van der Waals surface area contributed by atoms with E-state index in [2.05, 4.69) is 4.74 Å². The van der Waals surface area contributed by atoms with Gasteiger partial charge in [-0.05, 0) is 6.92 Å². The molecule has 1 aliphatic heterocycles. The monoisotopic (exact) mass is 109 g/mol. The molecule has 2 atom stereocenters. The molecule has 0 bridgehead atoms. The van der Waals surface area contributed by atoms with E-state index in [1.165, 1.54) is 0 Å². The first-order valence-electron chi connectivity index (χ1n) is 1.60. The Kier molecular flexibility index (Phi) is 1.84. The van der Waals surface area contributed by atoms with Gasteiger partial charge in [-0.3, -0.25) is 0 Å². The maximum Gasteiger partial charge on any atom is 0.157 e. The molecule has 3 heteroatoms. The minimum Gasteiger partial charge on any atom is -0.353 e. The molecule has 1 rings (SSSR count). The molecular weight excluding hydrogens is 101 g/mol. The van der Waals surface area contributed by atoms with Crippen molar-refractivity contribution >= 4 is 11.6 Å². The Hall–Kier alpha value is 0.210. The first-order chi connectivity index (χ1) is 2.30. The molecule has 0 spiro atoms. The molecule has 0 aliphatic carbocycles. The molecule has 0 radical (unpaired) electrons. The number of epoxide rings is 1. The summed E-state index contributed by atoms with van der Waals surface area (Å²) in [5, 5.41) is 0. The third kappa shape index (κ3) is 1.12. The van der Waals surface area contributed by atoms with Crippen molar-refractivity contribution in [3.63, 3.8) is 0 Å². The summed E-state index contributed by atoms with van der Waals surface area (Å²) in [5.74, 6) is 0. The van der Waals surface area contributed by atoms with E-state index >= 15 is 0 Å². The molecule has 6 heavy (non-hydrogen) atoms. The molecule has 0 amide bonds. The van der Waals surface area contributed by atoms with E-state index in [0.29, 0.717) is 6.10 Å². The van der Waals surface area contributed by atoms with E-state index < -0.39 is 0 Å². The average Bonchev–Trinajstić information content (AvgIpc) is 1.79. The molecule has 3 N–H and O–H groups in total. The predicted octanol–water partition coefficient (Wildman–Crippen LogP) is 1.13. The zero-order valence-electron chi connectivity index (χ0n) is 3.65. The summed E-state index contributed by atoms with van der Waals surface area (Å²) >= 11 is 5.31. The second kappa shape index (κ2) is 1.78. The fourth-order valence-electron chi connectivity index (χ4n) is 0.160. The topological polar surface area (TPSA) is 47.5 Å². The summed E-state index contributed by atoms with van der Waals surface area (Å²) in [6.45, 7) is 1.94. The van der Waals surface area contributed by atoms with Crippen molar-refractivity contribution in [2.75, 3.05) is 0 Å². The van der Waals surface area contributed by atoms with E-state index in [9.17, 15) is 0 Å². The molecule has 38 valence electrons. The quantitative estimate of drug-likeness (QED) is 0.375. The molecule has 1 fully saturated rings. The largest absolute Gasteiger partial charge is 0.353 e. The minimum atomic E-state index is 0. The van der Waals surface area contributed by atoms with Crippen molar-refractivity contribution in [1.82, 2.24) is 6.15 Å². The van der Waals surface area contributed by atoms with Gasteiger partial charge >= 0.3 is 0 Å². The van der Waals surface area contributed by atoms with Crippen LogP contribution in [-0.4, -0.2) is 11.7 Å². The zero-order valence-corrected chi connectivity index (χ0v) is 4.40. The Morgan fingerprint density at radius 3 is 1.83 bits per heavy atom. The minimum absolute atomic E-state index is 0. The third-order valence-electron chi connectivity index (χ3n) is 0.637. The summed E-state index contributed by atoms with van der Waals surface area (Å²) in [4.78, 5) is 0. The van der Waals surface area contributed by atoms with E-state index in [4.69, 9.17) is 11.6 Å². The molecule has 2 nitrogen and oxygen atoms in total. The molecule has 1 saturated heterocycles. The average molecular weight is 110 g/mol. The van der Waals surface area contributed by atoms with Crippen LogP contribution in [0.25, 0.3) is 0 Å². The zero-order chi connectivity index (χ0) is 3.86. The van der Waals surface area contributed by atoms with E-state index in [1.54, 1.807) is 0 Å². The highest BCUT2D eigenvalue weighted by Crippen LogP contribution is 2.23. The lowest BCUT2D eigenvalue weighted by atomic mass is 10.6. The first kappa shape index (κ1) is 6.21. The highest BCUT2D eigenvalue weighted by atomic mass is 35.5. The number of halogens is 1. The van der Waals surface area contributed by atoms with Crippen LogP contribution in [0.5, 0.6) is 0 Å². The van der Waals surface area contributed by atoms with Gasteiger partial charge in [0.05, 0.1) is 6.10 Å². The number of hydrogen-bond acceptors (Lipinski definition) is 2. The Morgan fingerprint density at radius 2 is 1.83 bits per heavy atom. The third-order valence-corrected chi connectivity index (χ3v) is 1.09. The van der Waals surface area contributed by atoms with Gasteiger partial charge in [0.1, 0.15) is 0 Å². The van der Waals surface area contributed by atoms with Gasteiger partial charge in [-0.1, -0.05) is 11.6 Å². The van der Waals surface area contributed by atoms with Gasteiger partial charge in [0.25, 0.3) is 0 Å². The number of alkyl halides is 1. The lowest BCUT2D eigenvalue weighted by Crippen LogP contribution is -1.69. The molecule has 0 aromatic carbocycles. The Balaban J connectivity index is 0.000000250. The van der Waals surface area contributed by atoms with Crippen molar-refractivity contribution in [1.29, 1.82) is 0 Å². The maximum atomic E-state index is 5.31. The molecule has 0 aromatic rings. The number of rotatable bonds is 0. The normalized spacial score (nSPS) is 41.0. The van der Waals surface area contributed by atoms with Gasteiger partial charge < -0.3 is 10.9 Å². The second-order valence-corrected chi connectivity index (χ2v) is 1.62. The van der Waals surface area contributed by atoms with Crippen LogP contribution in [-0.2, 0) is 4.74 Å². The van der Waals surface area contributed by atoms with Crippen LogP contribution < -0.4 is 6.15 Å². The van der Waals surface area contributed by atoms with Crippen molar-refractivity contribution in [2.45, 2.75) is 18.6 Å². The molecule has 1 heterocycles. The van der Waals surface area contributed by atoms with Crippen LogP contribution in [0.15, 0.2) is 0 Å². The summed E-state index contributed by atoms with van der Waals surface area (Å²) in [6.07, 6.45) is 0.316. The molecule has 0 saturated carbocycles. The molecule has 2 unspecified atom stereocenters. The number of ether oxygens (including phenoxy) is 1. The van der Waals surface area contributed by atoms with Crippen molar-refractivity contribution in [3.05, 3.63) is 0 Å². The second-order valence-electron chi connectivity index (χ2n) is 1.19. The van der Waals surface area contributed by atoms with Gasteiger partial charge in [0.2, 0.25) is 0 Å². The van der Waals surface area contributed by atoms with Crippen LogP contribution in [0.4, 0.5) is 0 Å². The van der Waals surface area contributed by atoms with Gasteiger partial charge in [-0.25, -0.2) is 0 Å². The highest BCUT2D eigenvalue weighted by molar-refractivity contribution is 6.21. The summed E-state index contributed by atoms with van der Waals surface area (Å²) in [6, 6.07) is 0. The van der Waals surface area contributed by atoms with Crippen LogP contribution in [0.3, 0.4) is 0 Å². The van der Waals surface area contributed by atoms with Gasteiger partial charge in [-0.15, -0.1) is 0 Å². The van der Waals surface area contributed by atoms with Crippen LogP contribution >= 0.6 is 11.6 Å². The fourth-order valence-corrected chi connectivity index (χ4v) is 0.322. The van der Waals surface area contributed by atoms with E-state index in [1.807, 2.05) is 6.92 Å². The van der Waals surface area contributed by atoms with Crippen LogP contribution in [0.2, 0.25) is 0 Å². The molecule has 1 aliphatic rings. The lowest BCUT2D eigenvalue weighted by molar-refractivity contribution is 0.411. The van der Waals surface area contributed by atoms with Gasteiger partial charge in [-0.2, -0.15) is 0 Å². The van der Waals surface area contributed by atoms with Gasteiger partial charge in [0, 0.05) is 0 Å². The fraction of sp³-hybridized carbons (Fsp3) is 1.00. The summed E-state index contributed by atoms with van der Waals surface area (Å²) in [5.41, 5.74) is 0.0231. The first-order valence-corrected chi connectivity index (χ1v) is 2.04. The molecule has 0 aromatic heterocycles. The standard InChI is InChI=1S/C3H5ClO.H3N/c1-2-3(4)5-2;/h2-3H,1H3;1H3. The molecular formula is C3H8ClNO. The smallest absolute Gasteiger partial charge is 0.157 e. The van der Waals surface area contributed by atoms with E-state index in [-0.39, 0.29) is 11.7 Å². The van der Waals surface area contributed by atoms with Crippen molar-refractivity contribution < 1.29 is 4.74 Å². The Labute approximate surface area is 42.0 Å². The van der Waals surface area contributed by atoms with Crippen molar-refractivity contribution in [2.24, 2.45) is 0 Å². The summed E-state index contributed by atoms with van der Waals surface area (Å²) in [7, 11) is 0. The summed E-state index contributed by atoms with van der Waals surface area (Å²) < 4.78 is 4.68.